The maximum atomic E-state index is 11.7. The third-order valence-corrected chi connectivity index (χ3v) is 2.67. The Bertz CT molecular complexity index is 549. The van der Waals surface area contributed by atoms with Gasteiger partial charge in [-0.3, -0.25) is 4.79 Å². The molecule has 2 aromatic heterocycles. The molecule has 0 radical (unpaired) electrons. The molecule has 1 saturated carbocycles. The van der Waals surface area contributed by atoms with Gasteiger partial charge in [-0.1, -0.05) is 5.16 Å². The van der Waals surface area contributed by atoms with E-state index in [1.54, 1.807) is 13.0 Å². The van der Waals surface area contributed by atoms with Crippen LogP contribution < -0.4 is 5.43 Å². The van der Waals surface area contributed by atoms with E-state index < -0.39 is 0 Å². The summed E-state index contributed by atoms with van der Waals surface area (Å²) in [6.07, 6.45) is 2.32. The smallest absolute Gasteiger partial charge is 0.240 e. The van der Waals surface area contributed by atoms with Crippen molar-refractivity contribution in [2.75, 3.05) is 0 Å². The van der Waals surface area contributed by atoms with E-state index in [2.05, 4.69) is 10.1 Å². The van der Waals surface area contributed by atoms with Crippen molar-refractivity contribution in [3.05, 3.63) is 27.7 Å². The summed E-state index contributed by atoms with van der Waals surface area (Å²) in [6, 6.07) is 1.67. The van der Waals surface area contributed by atoms with Gasteiger partial charge in [-0.15, -0.1) is 0 Å². The molecule has 0 bridgehead atoms. The van der Waals surface area contributed by atoms with Crippen molar-refractivity contribution < 1.29 is 4.52 Å². The van der Waals surface area contributed by atoms with E-state index in [0.717, 1.165) is 18.5 Å². The molecule has 0 unspecified atom stereocenters. The third-order valence-electron chi connectivity index (χ3n) is 2.67. The van der Waals surface area contributed by atoms with Gasteiger partial charge in [0.25, 0.3) is 0 Å². The van der Waals surface area contributed by atoms with Crippen molar-refractivity contribution in [2.45, 2.75) is 25.7 Å². The second-order valence-electron chi connectivity index (χ2n) is 3.84. The number of aromatic amines is 1. The molecule has 0 aromatic carbocycles. The molecule has 2 aromatic rings. The maximum absolute atomic E-state index is 11.7. The number of nitrogens with one attached hydrogen (secondary N) is 1. The monoisotopic (exact) mass is 190 g/mol. The molecular formula is C10H10N2O2. The highest BCUT2D eigenvalue weighted by atomic mass is 16.5. The average molecular weight is 190 g/mol. The normalized spacial score (nSPS) is 16.4. The van der Waals surface area contributed by atoms with Crippen LogP contribution in [0, 0.1) is 6.92 Å². The summed E-state index contributed by atoms with van der Waals surface area (Å²) in [7, 11) is 0. The second kappa shape index (κ2) is 2.47. The van der Waals surface area contributed by atoms with Gasteiger partial charge in [0.2, 0.25) is 5.71 Å². The molecule has 72 valence electrons. The average Bonchev–Trinajstić information content (AvgIpc) is 2.92. The second-order valence-corrected chi connectivity index (χ2v) is 3.84. The van der Waals surface area contributed by atoms with Crippen molar-refractivity contribution in [1.82, 2.24) is 10.1 Å². The summed E-state index contributed by atoms with van der Waals surface area (Å²) in [6.45, 7) is 1.78. The Morgan fingerprint density at radius 3 is 3.07 bits per heavy atom. The van der Waals surface area contributed by atoms with Gasteiger partial charge in [0.05, 0.1) is 5.69 Å². The van der Waals surface area contributed by atoms with Gasteiger partial charge in [-0.25, -0.2) is 0 Å². The topological polar surface area (TPSA) is 58.9 Å². The minimum absolute atomic E-state index is 0.0133. The predicted octanol–water partition coefficient (Wildman–Crippen LogP) is 1.70. The zero-order chi connectivity index (χ0) is 9.71. The number of hydrogen-bond acceptors (Lipinski definition) is 3. The highest BCUT2D eigenvalue weighted by Gasteiger charge is 2.25. The van der Waals surface area contributed by atoms with Crippen LogP contribution in [0.1, 0.15) is 30.1 Å². The van der Waals surface area contributed by atoms with Gasteiger partial charge < -0.3 is 9.51 Å². The van der Waals surface area contributed by atoms with Gasteiger partial charge in [0, 0.05) is 11.8 Å². The summed E-state index contributed by atoms with van der Waals surface area (Å²) in [5.41, 5.74) is 2.17. The highest BCUT2D eigenvalue weighted by Crippen LogP contribution is 2.38. The Hall–Kier alpha value is -1.58. The first-order valence-corrected chi connectivity index (χ1v) is 4.75. The molecule has 0 saturated heterocycles. The molecule has 2 heterocycles. The minimum atomic E-state index is 0.0133. The third kappa shape index (κ3) is 0.999. The number of aromatic nitrogens is 2. The fraction of sp³-hybridized carbons (Fsp3) is 0.400. The van der Waals surface area contributed by atoms with Crippen LogP contribution in [0.25, 0.3) is 11.1 Å². The summed E-state index contributed by atoms with van der Waals surface area (Å²) < 4.78 is 5.04. The molecule has 0 spiro atoms. The standard InChI is InChI=1S/C10H10N2O2/c1-5-9-8(13)4-7(6-2-3-6)11-10(9)14-12-5/h4,6H,2-3H2,1H3,(H,11,13). The lowest BCUT2D eigenvalue weighted by Gasteiger charge is -1.96. The molecule has 1 N–H and O–H groups in total. The molecule has 4 nitrogen and oxygen atoms in total. The minimum Gasteiger partial charge on any atom is -0.337 e. The van der Waals surface area contributed by atoms with E-state index in [-0.39, 0.29) is 5.43 Å². The number of pyridine rings is 1. The van der Waals surface area contributed by atoms with Gasteiger partial charge in [-0.05, 0) is 25.7 Å². The first-order valence-electron chi connectivity index (χ1n) is 4.75. The number of nitrogens with zero attached hydrogens (tertiary/aromatic N) is 1. The van der Waals surface area contributed by atoms with Gasteiger partial charge >= 0.3 is 0 Å². The van der Waals surface area contributed by atoms with Crippen molar-refractivity contribution in [2.24, 2.45) is 0 Å². The van der Waals surface area contributed by atoms with Crippen LogP contribution in [-0.4, -0.2) is 10.1 Å². The van der Waals surface area contributed by atoms with Crippen LogP contribution >= 0.6 is 0 Å². The number of rotatable bonds is 1. The Labute approximate surface area is 79.9 Å². The fourth-order valence-corrected chi connectivity index (χ4v) is 1.74. The first-order chi connectivity index (χ1) is 6.75. The van der Waals surface area contributed by atoms with Gasteiger partial charge in [-0.2, -0.15) is 0 Å². The summed E-state index contributed by atoms with van der Waals surface area (Å²) in [5, 5.41) is 4.35. The molecular weight excluding hydrogens is 180 g/mol. The molecule has 1 aliphatic carbocycles. The first kappa shape index (κ1) is 7.79. The zero-order valence-electron chi connectivity index (χ0n) is 7.83. The SMILES string of the molecule is Cc1noc2[nH]c(C3CC3)cc(=O)c12. The molecule has 1 aliphatic rings. The fourth-order valence-electron chi connectivity index (χ4n) is 1.74. The molecule has 0 aliphatic heterocycles. The van der Waals surface area contributed by atoms with Crippen molar-refractivity contribution in [3.8, 4) is 0 Å². The molecule has 0 amide bonds. The zero-order valence-corrected chi connectivity index (χ0v) is 7.83. The Morgan fingerprint density at radius 2 is 2.36 bits per heavy atom. The molecule has 3 rings (SSSR count). The van der Waals surface area contributed by atoms with Gasteiger partial charge in [0.1, 0.15) is 5.39 Å². The highest BCUT2D eigenvalue weighted by molar-refractivity contribution is 5.75. The maximum Gasteiger partial charge on any atom is 0.240 e. The van der Waals surface area contributed by atoms with Crippen LogP contribution in [-0.2, 0) is 0 Å². The number of aryl methyl sites for hydroxylation is 1. The van der Waals surface area contributed by atoms with Crippen LogP contribution in [0.2, 0.25) is 0 Å². The number of fused-ring (bicyclic) bond motifs is 1. The van der Waals surface area contributed by atoms with Crippen LogP contribution in [0.5, 0.6) is 0 Å². The lowest BCUT2D eigenvalue weighted by molar-refractivity contribution is 0.442. The largest absolute Gasteiger partial charge is 0.337 e. The lowest BCUT2D eigenvalue weighted by atomic mass is 10.2. The Morgan fingerprint density at radius 1 is 1.57 bits per heavy atom. The van der Waals surface area contributed by atoms with Gasteiger partial charge in [0.15, 0.2) is 5.43 Å². The van der Waals surface area contributed by atoms with E-state index in [4.69, 9.17) is 4.52 Å². The lowest BCUT2D eigenvalue weighted by Crippen LogP contribution is -2.03. The molecule has 0 atom stereocenters. The number of H-pyrrole nitrogens is 1. The van der Waals surface area contributed by atoms with Crippen LogP contribution in [0.4, 0.5) is 0 Å². The van der Waals surface area contributed by atoms with E-state index >= 15 is 0 Å². The van der Waals surface area contributed by atoms with E-state index in [0.29, 0.717) is 22.7 Å². The van der Waals surface area contributed by atoms with Crippen molar-refractivity contribution in [3.63, 3.8) is 0 Å². The summed E-state index contributed by atoms with van der Waals surface area (Å²) in [5.74, 6) is 0.525. The van der Waals surface area contributed by atoms with E-state index in [9.17, 15) is 4.79 Å². The molecule has 1 fully saturated rings. The quantitative estimate of drug-likeness (QED) is 0.744. The van der Waals surface area contributed by atoms with E-state index in [1.165, 1.54) is 0 Å². The predicted molar refractivity (Wildman–Crippen MR) is 51.3 cm³/mol. The Balaban J connectivity index is 2.34. The Kier molecular flexibility index (Phi) is 1.37. The number of hydrogen-bond donors (Lipinski definition) is 1. The van der Waals surface area contributed by atoms with Crippen molar-refractivity contribution in [1.29, 1.82) is 0 Å². The molecule has 4 heteroatoms. The van der Waals surface area contributed by atoms with Crippen molar-refractivity contribution >= 4 is 11.1 Å². The van der Waals surface area contributed by atoms with E-state index in [1.807, 2.05) is 0 Å². The molecule has 14 heavy (non-hydrogen) atoms. The summed E-state index contributed by atoms with van der Waals surface area (Å²) >= 11 is 0. The van der Waals surface area contributed by atoms with Crippen LogP contribution in [0.3, 0.4) is 0 Å². The summed E-state index contributed by atoms with van der Waals surface area (Å²) in [4.78, 5) is 14.8. The van der Waals surface area contributed by atoms with Crippen LogP contribution in [0.15, 0.2) is 15.4 Å².